The number of hydrogen-bond acceptors (Lipinski definition) is 5. The number of amides is 2. The summed E-state index contributed by atoms with van der Waals surface area (Å²) in [5.41, 5.74) is 7.48. The first-order valence-electron chi connectivity index (χ1n) is 9.34. The maximum absolute atomic E-state index is 13.1. The van der Waals surface area contributed by atoms with Crippen LogP contribution in [0.3, 0.4) is 0 Å². The average Bonchev–Trinajstić information content (AvgIpc) is 2.64. The molecule has 0 fully saturated rings. The number of hydrogen-bond donors (Lipinski definition) is 2. The van der Waals surface area contributed by atoms with E-state index in [0.29, 0.717) is 5.75 Å². The highest BCUT2D eigenvalue weighted by molar-refractivity contribution is 6.09. The smallest absolute Gasteiger partial charge is 0.272 e. The Balaban J connectivity index is 1.97. The first-order valence-corrected chi connectivity index (χ1v) is 9.34. The van der Waals surface area contributed by atoms with Gasteiger partial charge in [0.1, 0.15) is 11.9 Å². The van der Waals surface area contributed by atoms with Crippen LogP contribution in [0.25, 0.3) is 0 Å². The molecule has 1 aliphatic rings. The monoisotopic (exact) mass is 382 g/mol. The summed E-state index contributed by atoms with van der Waals surface area (Å²) in [5.74, 6) is 0.280. The van der Waals surface area contributed by atoms with Gasteiger partial charge in [0.2, 0.25) is 5.91 Å². The Hall–Kier alpha value is -3.09. The van der Waals surface area contributed by atoms with E-state index >= 15 is 0 Å². The number of nitrogens with two attached hydrogens (primary N) is 1. The molecule has 3 N–H and O–H groups in total. The van der Waals surface area contributed by atoms with Crippen LogP contribution in [0.1, 0.15) is 38.8 Å². The zero-order chi connectivity index (χ0) is 20.6. The standard InChI is InChI=1S/C21H26N4O3/c1-6-14-9-7-8-12(2)17(14)24-19(26)13(3)25-18-15(10-11-16(22)23-18)28-21(4,5)20(25)27/h7-11,13H,6H2,1-5H3,(H2,22,23)(H,24,26). The summed E-state index contributed by atoms with van der Waals surface area (Å²) >= 11 is 0. The topological polar surface area (TPSA) is 97.5 Å². The number of ether oxygens (including phenoxy) is 1. The lowest BCUT2D eigenvalue weighted by Crippen LogP contribution is -2.58. The molecule has 0 saturated carbocycles. The minimum Gasteiger partial charge on any atom is -0.474 e. The molecule has 2 heterocycles. The first-order chi connectivity index (χ1) is 13.2. The Morgan fingerprint density at radius 1 is 1.32 bits per heavy atom. The molecule has 0 radical (unpaired) electrons. The van der Waals surface area contributed by atoms with Crippen LogP contribution in [0.15, 0.2) is 30.3 Å². The van der Waals surface area contributed by atoms with Crippen molar-refractivity contribution < 1.29 is 14.3 Å². The Labute approximate surface area is 164 Å². The van der Waals surface area contributed by atoms with Crippen molar-refractivity contribution in [1.29, 1.82) is 0 Å². The van der Waals surface area contributed by atoms with Crippen molar-refractivity contribution in [2.45, 2.75) is 52.7 Å². The van der Waals surface area contributed by atoms with Crippen molar-refractivity contribution in [1.82, 2.24) is 4.98 Å². The average molecular weight is 382 g/mol. The second-order valence-electron chi connectivity index (χ2n) is 7.47. The minimum absolute atomic E-state index is 0.250. The van der Waals surface area contributed by atoms with Gasteiger partial charge in [0.05, 0.1) is 0 Å². The number of carbonyl (C=O) groups excluding carboxylic acids is 2. The van der Waals surface area contributed by atoms with Gasteiger partial charge < -0.3 is 15.8 Å². The Kier molecular flexibility index (Phi) is 5.02. The number of rotatable bonds is 4. The third-order valence-electron chi connectivity index (χ3n) is 4.94. The lowest BCUT2D eigenvalue weighted by molar-refractivity contribution is -0.134. The van der Waals surface area contributed by atoms with Gasteiger partial charge in [-0.25, -0.2) is 4.98 Å². The second-order valence-corrected chi connectivity index (χ2v) is 7.47. The van der Waals surface area contributed by atoms with E-state index in [1.165, 1.54) is 4.90 Å². The van der Waals surface area contributed by atoms with Crippen LogP contribution in [0.2, 0.25) is 0 Å². The minimum atomic E-state index is -1.11. The van der Waals surface area contributed by atoms with Crippen LogP contribution in [-0.4, -0.2) is 28.4 Å². The number of nitrogens with one attached hydrogen (secondary N) is 1. The third-order valence-corrected chi connectivity index (χ3v) is 4.94. The van der Waals surface area contributed by atoms with Gasteiger partial charge >= 0.3 is 0 Å². The second kappa shape index (κ2) is 7.14. The van der Waals surface area contributed by atoms with E-state index in [4.69, 9.17) is 10.5 Å². The number of carbonyl (C=O) groups is 2. The van der Waals surface area contributed by atoms with E-state index in [1.54, 1.807) is 32.9 Å². The number of aromatic nitrogens is 1. The quantitative estimate of drug-likeness (QED) is 0.847. The zero-order valence-electron chi connectivity index (χ0n) is 16.9. The molecule has 0 bridgehead atoms. The molecule has 7 heteroatoms. The lowest BCUT2D eigenvalue weighted by Gasteiger charge is -2.40. The van der Waals surface area contributed by atoms with Gasteiger partial charge in [-0.05, 0) is 57.4 Å². The summed E-state index contributed by atoms with van der Waals surface area (Å²) in [4.78, 5) is 31.7. The Bertz CT molecular complexity index is 939. The summed E-state index contributed by atoms with van der Waals surface area (Å²) in [5, 5.41) is 2.99. The van der Waals surface area contributed by atoms with Crippen LogP contribution >= 0.6 is 0 Å². The van der Waals surface area contributed by atoms with Crippen LogP contribution in [0.5, 0.6) is 5.75 Å². The van der Waals surface area contributed by atoms with Gasteiger partial charge in [-0.2, -0.15) is 0 Å². The van der Waals surface area contributed by atoms with Gasteiger partial charge in [-0.1, -0.05) is 25.1 Å². The van der Waals surface area contributed by atoms with Gasteiger partial charge in [0.25, 0.3) is 5.91 Å². The summed E-state index contributed by atoms with van der Waals surface area (Å²) < 4.78 is 5.78. The normalized spacial score (nSPS) is 16.2. The SMILES string of the molecule is CCc1cccc(C)c1NC(=O)C(C)N1C(=O)C(C)(C)Oc2ccc(N)nc21. The van der Waals surface area contributed by atoms with Crippen LogP contribution in [0, 0.1) is 6.92 Å². The van der Waals surface area contributed by atoms with E-state index in [0.717, 1.165) is 23.2 Å². The largest absolute Gasteiger partial charge is 0.474 e. The summed E-state index contributed by atoms with van der Waals surface area (Å²) in [6, 6.07) is 8.36. The van der Waals surface area contributed by atoms with E-state index in [1.807, 2.05) is 32.0 Å². The molecular formula is C21H26N4O3. The number of para-hydroxylation sites is 1. The van der Waals surface area contributed by atoms with E-state index in [2.05, 4.69) is 10.3 Å². The van der Waals surface area contributed by atoms with Crippen molar-refractivity contribution in [2.24, 2.45) is 0 Å². The molecule has 2 aromatic rings. The predicted octanol–water partition coefficient (Wildman–Crippen LogP) is 3.07. The fraction of sp³-hybridized carbons (Fsp3) is 0.381. The molecule has 1 aromatic heterocycles. The highest BCUT2D eigenvalue weighted by atomic mass is 16.5. The maximum atomic E-state index is 13.1. The molecule has 3 rings (SSSR count). The highest BCUT2D eigenvalue weighted by Gasteiger charge is 2.45. The summed E-state index contributed by atoms with van der Waals surface area (Å²) in [6.45, 7) is 8.99. The Morgan fingerprint density at radius 2 is 2.04 bits per heavy atom. The molecule has 7 nitrogen and oxygen atoms in total. The predicted molar refractivity (Wildman–Crippen MR) is 109 cm³/mol. The number of anilines is 3. The molecule has 148 valence electrons. The Morgan fingerprint density at radius 3 is 2.71 bits per heavy atom. The molecule has 1 atom stereocenters. The molecule has 1 aliphatic heterocycles. The summed E-state index contributed by atoms with van der Waals surface area (Å²) in [6.07, 6.45) is 0.788. The molecule has 1 unspecified atom stereocenters. The molecule has 0 saturated heterocycles. The van der Waals surface area contributed by atoms with Crippen molar-refractivity contribution in [3.63, 3.8) is 0 Å². The molecule has 0 spiro atoms. The number of fused-ring (bicyclic) bond motifs is 1. The van der Waals surface area contributed by atoms with Crippen LogP contribution < -0.4 is 20.7 Å². The molecular weight excluding hydrogens is 356 g/mol. The van der Waals surface area contributed by atoms with Crippen molar-refractivity contribution in [3.05, 3.63) is 41.5 Å². The van der Waals surface area contributed by atoms with Gasteiger partial charge in [0, 0.05) is 5.69 Å². The molecule has 28 heavy (non-hydrogen) atoms. The third kappa shape index (κ3) is 3.40. The lowest BCUT2D eigenvalue weighted by atomic mass is 10.0. The van der Waals surface area contributed by atoms with Gasteiger partial charge in [-0.15, -0.1) is 0 Å². The number of aryl methyl sites for hydroxylation is 2. The molecule has 1 aromatic carbocycles. The van der Waals surface area contributed by atoms with Crippen molar-refractivity contribution >= 4 is 29.1 Å². The fourth-order valence-corrected chi connectivity index (χ4v) is 3.31. The van der Waals surface area contributed by atoms with Gasteiger partial charge in [0.15, 0.2) is 17.2 Å². The molecule has 2 amide bonds. The summed E-state index contributed by atoms with van der Waals surface area (Å²) in [7, 11) is 0. The zero-order valence-corrected chi connectivity index (χ0v) is 16.9. The van der Waals surface area contributed by atoms with Crippen molar-refractivity contribution in [2.75, 3.05) is 16.0 Å². The number of nitrogen functional groups attached to an aromatic ring is 1. The number of pyridine rings is 1. The first kappa shape index (κ1) is 19.7. The number of benzene rings is 1. The maximum Gasteiger partial charge on any atom is 0.272 e. The van der Waals surface area contributed by atoms with Crippen LogP contribution in [0.4, 0.5) is 17.3 Å². The van der Waals surface area contributed by atoms with Crippen molar-refractivity contribution in [3.8, 4) is 5.75 Å². The molecule has 0 aliphatic carbocycles. The van der Waals surface area contributed by atoms with E-state index < -0.39 is 11.6 Å². The van der Waals surface area contributed by atoms with E-state index in [-0.39, 0.29) is 23.5 Å². The van der Waals surface area contributed by atoms with Crippen LogP contribution in [-0.2, 0) is 16.0 Å². The van der Waals surface area contributed by atoms with E-state index in [9.17, 15) is 9.59 Å². The van der Waals surface area contributed by atoms with Gasteiger partial charge in [-0.3, -0.25) is 14.5 Å². The fourth-order valence-electron chi connectivity index (χ4n) is 3.31. The number of nitrogens with zero attached hydrogens (tertiary/aromatic N) is 2. The highest BCUT2D eigenvalue weighted by Crippen LogP contribution is 2.38.